The van der Waals surface area contributed by atoms with E-state index in [0.29, 0.717) is 12.6 Å². The summed E-state index contributed by atoms with van der Waals surface area (Å²) in [6.07, 6.45) is 6.74. The van der Waals surface area contributed by atoms with Gasteiger partial charge in [0.25, 0.3) is 0 Å². The molecule has 0 heterocycles. The molecule has 3 heteroatoms. The summed E-state index contributed by atoms with van der Waals surface area (Å²) in [7, 11) is 0. The normalized spacial score (nSPS) is 17.9. The number of hydrogen-bond acceptors (Lipinski definition) is 2. The number of carbonyl (C=O) groups is 1. The zero-order valence-corrected chi connectivity index (χ0v) is 11.5. The van der Waals surface area contributed by atoms with Gasteiger partial charge >= 0.3 is 0 Å². The summed E-state index contributed by atoms with van der Waals surface area (Å²) in [5, 5.41) is 3.17. The molecular formula is C16H24N2O. The molecule has 19 heavy (non-hydrogen) atoms. The Balaban J connectivity index is 1.87. The van der Waals surface area contributed by atoms with Crippen molar-refractivity contribution in [3.63, 3.8) is 0 Å². The van der Waals surface area contributed by atoms with Gasteiger partial charge in [-0.3, -0.25) is 4.79 Å². The van der Waals surface area contributed by atoms with Crippen LogP contribution in [0.2, 0.25) is 0 Å². The maximum Gasteiger partial charge on any atom is 0.224 e. The molecule has 0 aliphatic heterocycles. The van der Waals surface area contributed by atoms with Gasteiger partial charge in [0.2, 0.25) is 5.91 Å². The van der Waals surface area contributed by atoms with E-state index in [-0.39, 0.29) is 11.8 Å². The molecule has 3 nitrogen and oxygen atoms in total. The van der Waals surface area contributed by atoms with Gasteiger partial charge in [-0.05, 0) is 24.8 Å². The number of nitrogens with one attached hydrogen (secondary N) is 1. The quantitative estimate of drug-likeness (QED) is 0.853. The van der Waals surface area contributed by atoms with Gasteiger partial charge in [-0.1, -0.05) is 49.6 Å². The molecule has 1 amide bonds. The SMILES string of the molecule is NCC(Cc1ccccc1)C(=O)NC1CCCCC1. The smallest absolute Gasteiger partial charge is 0.224 e. The van der Waals surface area contributed by atoms with Gasteiger partial charge in [0.15, 0.2) is 0 Å². The zero-order chi connectivity index (χ0) is 13.5. The maximum absolute atomic E-state index is 12.3. The number of nitrogens with two attached hydrogens (primary N) is 1. The standard InChI is InChI=1S/C16H24N2O/c17-12-14(11-13-7-3-1-4-8-13)16(19)18-15-9-5-2-6-10-15/h1,3-4,7-8,14-15H,2,5-6,9-12,17H2,(H,18,19). The predicted octanol–water partition coefficient (Wildman–Crippen LogP) is 2.25. The summed E-state index contributed by atoms with van der Waals surface area (Å²) in [6, 6.07) is 10.5. The summed E-state index contributed by atoms with van der Waals surface area (Å²) >= 11 is 0. The van der Waals surface area contributed by atoms with E-state index >= 15 is 0 Å². The molecule has 1 saturated carbocycles. The third-order valence-corrected chi connectivity index (χ3v) is 3.93. The fourth-order valence-corrected chi connectivity index (χ4v) is 2.75. The van der Waals surface area contributed by atoms with Gasteiger partial charge in [0.1, 0.15) is 0 Å². The van der Waals surface area contributed by atoms with Gasteiger partial charge in [-0.15, -0.1) is 0 Å². The number of carbonyl (C=O) groups excluding carboxylic acids is 1. The van der Waals surface area contributed by atoms with Crippen molar-refractivity contribution in [2.45, 2.75) is 44.6 Å². The third kappa shape index (κ3) is 4.35. The Labute approximate surface area is 115 Å². The number of benzene rings is 1. The van der Waals surface area contributed by atoms with Crippen LogP contribution in [0.4, 0.5) is 0 Å². The minimum absolute atomic E-state index is 0.107. The van der Waals surface area contributed by atoms with Crippen molar-refractivity contribution in [2.75, 3.05) is 6.54 Å². The molecule has 1 aromatic rings. The minimum Gasteiger partial charge on any atom is -0.353 e. The second-order valence-electron chi connectivity index (χ2n) is 5.47. The first-order chi connectivity index (χ1) is 9.29. The van der Waals surface area contributed by atoms with E-state index in [1.807, 2.05) is 18.2 Å². The third-order valence-electron chi connectivity index (χ3n) is 3.93. The summed E-state index contributed by atoms with van der Waals surface area (Å²) in [4.78, 5) is 12.3. The van der Waals surface area contributed by atoms with Crippen LogP contribution < -0.4 is 11.1 Å². The minimum atomic E-state index is -0.107. The molecule has 0 radical (unpaired) electrons. The molecule has 1 aliphatic rings. The maximum atomic E-state index is 12.3. The highest BCUT2D eigenvalue weighted by Crippen LogP contribution is 2.18. The highest BCUT2D eigenvalue weighted by Gasteiger charge is 2.21. The van der Waals surface area contributed by atoms with Crippen LogP contribution in [0, 0.1) is 5.92 Å². The van der Waals surface area contributed by atoms with Gasteiger partial charge in [0, 0.05) is 12.6 Å². The number of hydrogen-bond donors (Lipinski definition) is 2. The zero-order valence-electron chi connectivity index (χ0n) is 11.5. The lowest BCUT2D eigenvalue weighted by molar-refractivity contribution is -0.125. The Kier molecular flexibility index (Phi) is 5.40. The second kappa shape index (κ2) is 7.29. The topological polar surface area (TPSA) is 55.1 Å². The molecule has 0 aromatic heterocycles. The Bertz CT molecular complexity index is 385. The van der Waals surface area contributed by atoms with Crippen LogP contribution in [0.25, 0.3) is 0 Å². The molecule has 1 fully saturated rings. The van der Waals surface area contributed by atoms with E-state index in [0.717, 1.165) is 19.3 Å². The first kappa shape index (κ1) is 14.1. The van der Waals surface area contributed by atoms with E-state index in [2.05, 4.69) is 17.4 Å². The van der Waals surface area contributed by atoms with Crippen LogP contribution in [-0.2, 0) is 11.2 Å². The highest BCUT2D eigenvalue weighted by atomic mass is 16.1. The molecule has 1 atom stereocenters. The summed E-state index contributed by atoms with van der Waals surface area (Å²) in [6.45, 7) is 0.410. The Morgan fingerprint density at radius 3 is 2.53 bits per heavy atom. The highest BCUT2D eigenvalue weighted by molar-refractivity contribution is 5.79. The molecule has 0 spiro atoms. The summed E-state index contributed by atoms with van der Waals surface area (Å²) in [5.74, 6) is 0.0163. The molecule has 3 N–H and O–H groups in total. The predicted molar refractivity (Wildman–Crippen MR) is 77.7 cm³/mol. The Morgan fingerprint density at radius 1 is 1.21 bits per heavy atom. The lowest BCUT2D eigenvalue weighted by Gasteiger charge is -2.25. The van der Waals surface area contributed by atoms with E-state index in [1.165, 1.54) is 24.8 Å². The van der Waals surface area contributed by atoms with Gasteiger partial charge in [-0.25, -0.2) is 0 Å². The monoisotopic (exact) mass is 260 g/mol. The van der Waals surface area contributed by atoms with Crippen LogP contribution in [0.3, 0.4) is 0 Å². The second-order valence-corrected chi connectivity index (χ2v) is 5.47. The van der Waals surface area contributed by atoms with Crippen LogP contribution in [0.5, 0.6) is 0 Å². The van der Waals surface area contributed by atoms with Crippen molar-refractivity contribution < 1.29 is 4.79 Å². The summed E-state index contributed by atoms with van der Waals surface area (Å²) < 4.78 is 0. The molecule has 2 rings (SSSR count). The first-order valence-electron chi connectivity index (χ1n) is 7.34. The van der Waals surface area contributed by atoms with Crippen LogP contribution in [-0.4, -0.2) is 18.5 Å². The first-order valence-corrected chi connectivity index (χ1v) is 7.34. The van der Waals surface area contributed by atoms with Crippen molar-refractivity contribution >= 4 is 5.91 Å². The van der Waals surface area contributed by atoms with Crippen molar-refractivity contribution in [1.82, 2.24) is 5.32 Å². The molecule has 1 aromatic carbocycles. The Morgan fingerprint density at radius 2 is 1.89 bits per heavy atom. The number of amides is 1. The molecule has 0 bridgehead atoms. The largest absolute Gasteiger partial charge is 0.353 e. The van der Waals surface area contributed by atoms with E-state index in [1.54, 1.807) is 0 Å². The lowest BCUT2D eigenvalue weighted by Crippen LogP contribution is -2.42. The molecule has 1 unspecified atom stereocenters. The fraction of sp³-hybridized carbons (Fsp3) is 0.562. The average Bonchev–Trinajstić information content (AvgIpc) is 2.47. The van der Waals surface area contributed by atoms with Crippen molar-refractivity contribution in [2.24, 2.45) is 11.7 Å². The van der Waals surface area contributed by atoms with E-state index < -0.39 is 0 Å². The summed E-state index contributed by atoms with van der Waals surface area (Å²) in [5.41, 5.74) is 6.94. The number of rotatable bonds is 5. The van der Waals surface area contributed by atoms with E-state index in [9.17, 15) is 4.79 Å². The van der Waals surface area contributed by atoms with Gasteiger partial charge in [0.05, 0.1) is 5.92 Å². The van der Waals surface area contributed by atoms with Gasteiger partial charge < -0.3 is 11.1 Å². The van der Waals surface area contributed by atoms with Gasteiger partial charge in [-0.2, -0.15) is 0 Å². The van der Waals surface area contributed by atoms with Crippen molar-refractivity contribution in [3.05, 3.63) is 35.9 Å². The van der Waals surface area contributed by atoms with E-state index in [4.69, 9.17) is 5.73 Å². The van der Waals surface area contributed by atoms with Crippen LogP contribution in [0.1, 0.15) is 37.7 Å². The molecule has 1 aliphatic carbocycles. The Hall–Kier alpha value is -1.35. The molecule has 0 saturated heterocycles. The molecule has 104 valence electrons. The van der Waals surface area contributed by atoms with Crippen molar-refractivity contribution in [1.29, 1.82) is 0 Å². The van der Waals surface area contributed by atoms with Crippen LogP contribution in [0.15, 0.2) is 30.3 Å². The molecular weight excluding hydrogens is 236 g/mol. The van der Waals surface area contributed by atoms with Crippen molar-refractivity contribution in [3.8, 4) is 0 Å². The van der Waals surface area contributed by atoms with Crippen LogP contribution >= 0.6 is 0 Å². The average molecular weight is 260 g/mol. The fourth-order valence-electron chi connectivity index (χ4n) is 2.75. The lowest BCUT2D eigenvalue weighted by atomic mass is 9.93.